The van der Waals surface area contributed by atoms with Crippen molar-refractivity contribution in [2.75, 3.05) is 13.2 Å². The third kappa shape index (κ3) is 2.72. The third-order valence-corrected chi connectivity index (χ3v) is 5.90. The van der Waals surface area contributed by atoms with E-state index in [-0.39, 0.29) is 71.5 Å². The molecule has 0 saturated heterocycles. The summed E-state index contributed by atoms with van der Waals surface area (Å²) in [4.78, 5) is 38.4. The van der Waals surface area contributed by atoms with Gasteiger partial charge >= 0.3 is 0 Å². The summed E-state index contributed by atoms with van der Waals surface area (Å²) in [5.74, 6) is -2.52. The van der Waals surface area contributed by atoms with Gasteiger partial charge in [0.05, 0.1) is 16.7 Å². The number of hydrogen-bond donors (Lipinski definition) is 4. The molecular weight excluding hydrogens is 390 g/mol. The van der Waals surface area contributed by atoms with Crippen molar-refractivity contribution in [1.29, 1.82) is 0 Å². The number of Topliss-reactive ketones (excluding diaryl/α,β-unsaturated/α-hetero) is 1. The first-order chi connectivity index (χ1) is 14.2. The van der Waals surface area contributed by atoms with Gasteiger partial charge in [0, 0.05) is 29.7 Å². The quantitative estimate of drug-likeness (QED) is 0.465. The van der Waals surface area contributed by atoms with Gasteiger partial charge in [0.1, 0.15) is 29.5 Å². The number of hydrogen-bond acceptors (Lipinski definition) is 8. The molecule has 8 heteroatoms. The van der Waals surface area contributed by atoms with Crippen LogP contribution < -0.4 is 10.5 Å². The van der Waals surface area contributed by atoms with Gasteiger partial charge in [0.15, 0.2) is 11.6 Å². The molecule has 2 aromatic carbocycles. The Labute approximate surface area is 171 Å². The van der Waals surface area contributed by atoms with Crippen LogP contribution in [-0.4, -0.2) is 51.4 Å². The topological polar surface area (TPSA) is 147 Å². The van der Waals surface area contributed by atoms with Crippen LogP contribution in [0.1, 0.15) is 56.3 Å². The van der Waals surface area contributed by atoms with Crippen molar-refractivity contribution in [2.24, 2.45) is 5.73 Å². The summed E-state index contributed by atoms with van der Waals surface area (Å²) in [6.45, 7) is 1.57. The summed E-state index contributed by atoms with van der Waals surface area (Å²) in [6, 6.07) is 4.54. The van der Waals surface area contributed by atoms with Gasteiger partial charge in [0.2, 0.25) is 5.78 Å². The highest BCUT2D eigenvalue weighted by Crippen LogP contribution is 2.48. The summed E-state index contributed by atoms with van der Waals surface area (Å²) in [5, 5.41) is 32.4. The smallest absolute Gasteiger partial charge is 0.202 e. The minimum Gasteiger partial charge on any atom is -0.507 e. The molecule has 2 aliphatic rings. The fourth-order valence-electron chi connectivity index (χ4n) is 4.24. The predicted molar refractivity (Wildman–Crippen MR) is 105 cm³/mol. The molecular formula is C22H21NO7. The molecule has 0 spiro atoms. The Balaban J connectivity index is 1.94. The number of carbonyl (C=O) groups is 3. The molecule has 0 aromatic heterocycles. The summed E-state index contributed by atoms with van der Waals surface area (Å²) in [5.41, 5.74) is 3.54. The first-order valence-electron chi connectivity index (χ1n) is 9.59. The summed E-state index contributed by atoms with van der Waals surface area (Å²) in [7, 11) is 0. The Bertz CT molecular complexity index is 1120. The zero-order valence-electron chi connectivity index (χ0n) is 16.3. The van der Waals surface area contributed by atoms with Crippen LogP contribution in [0.5, 0.6) is 17.2 Å². The van der Waals surface area contributed by atoms with Crippen molar-refractivity contribution in [3.05, 3.63) is 51.6 Å². The number of benzene rings is 2. The second kappa shape index (κ2) is 6.93. The van der Waals surface area contributed by atoms with Crippen LogP contribution in [0.2, 0.25) is 0 Å². The second-order valence-electron chi connectivity index (χ2n) is 7.64. The molecule has 156 valence electrons. The van der Waals surface area contributed by atoms with Crippen molar-refractivity contribution >= 4 is 17.3 Å². The van der Waals surface area contributed by atoms with Gasteiger partial charge < -0.3 is 25.8 Å². The Morgan fingerprint density at radius 3 is 2.43 bits per heavy atom. The minimum absolute atomic E-state index is 0.0178. The van der Waals surface area contributed by atoms with Crippen molar-refractivity contribution in [3.63, 3.8) is 0 Å². The molecule has 0 bridgehead atoms. The molecule has 8 nitrogen and oxygen atoms in total. The predicted octanol–water partition coefficient (Wildman–Crippen LogP) is 1.02. The van der Waals surface area contributed by atoms with E-state index in [1.165, 1.54) is 19.1 Å². The molecule has 0 radical (unpaired) electrons. The normalized spacial score (nSPS) is 19.7. The molecule has 0 amide bonds. The highest BCUT2D eigenvalue weighted by Gasteiger charge is 2.44. The van der Waals surface area contributed by atoms with Crippen molar-refractivity contribution in [1.82, 2.24) is 0 Å². The lowest BCUT2D eigenvalue weighted by atomic mass is 9.73. The van der Waals surface area contributed by atoms with E-state index in [2.05, 4.69) is 0 Å². The van der Waals surface area contributed by atoms with Crippen molar-refractivity contribution in [3.8, 4) is 17.2 Å². The standard InChI is InChI=1S/C22H21NO7/c1-10(24)22(29)6-5-11-13(9-22)20(27)17-16(18(11)25)19(26)12-3-2-4-14(30-8-7-23)15(12)21(17)28/h2-4,25,27,29H,5-9,23H2,1H3/t22-/m0/s1. The molecule has 1 atom stereocenters. The molecule has 0 saturated carbocycles. The fraction of sp³-hybridized carbons (Fsp3) is 0.318. The zero-order valence-corrected chi connectivity index (χ0v) is 16.3. The molecule has 4 rings (SSSR count). The van der Waals surface area contributed by atoms with Crippen LogP contribution in [0.25, 0.3) is 0 Å². The number of nitrogens with two attached hydrogens (primary N) is 1. The molecule has 30 heavy (non-hydrogen) atoms. The van der Waals surface area contributed by atoms with E-state index >= 15 is 0 Å². The van der Waals surface area contributed by atoms with Crippen LogP contribution in [0.3, 0.4) is 0 Å². The summed E-state index contributed by atoms with van der Waals surface area (Å²) < 4.78 is 5.51. The maximum atomic E-state index is 13.3. The third-order valence-electron chi connectivity index (χ3n) is 5.90. The lowest BCUT2D eigenvalue weighted by Gasteiger charge is -2.34. The SMILES string of the molecule is CC(=O)[C@]1(O)CCc2c(O)c3c(c(O)c2C1)C(=O)c1c(OCCN)cccc1C3=O. The number of rotatable bonds is 4. The van der Waals surface area contributed by atoms with E-state index in [9.17, 15) is 29.7 Å². The van der Waals surface area contributed by atoms with E-state index in [0.717, 1.165) is 0 Å². The molecule has 5 N–H and O–H groups in total. The van der Waals surface area contributed by atoms with Gasteiger partial charge in [-0.3, -0.25) is 14.4 Å². The Hall–Kier alpha value is -3.23. The molecule has 0 heterocycles. The van der Waals surface area contributed by atoms with Crippen molar-refractivity contribution < 1.29 is 34.4 Å². The molecule has 0 fully saturated rings. The average molecular weight is 411 g/mol. The van der Waals surface area contributed by atoms with Crippen LogP contribution in [-0.2, 0) is 17.6 Å². The lowest BCUT2D eigenvalue weighted by molar-refractivity contribution is -0.136. The van der Waals surface area contributed by atoms with E-state index in [1.807, 2.05) is 0 Å². The number of aromatic hydroxyl groups is 2. The van der Waals surface area contributed by atoms with E-state index in [1.54, 1.807) is 6.07 Å². The van der Waals surface area contributed by atoms with Gasteiger partial charge in [-0.1, -0.05) is 12.1 Å². The first kappa shape index (κ1) is 20.1. The highest BCUT2D eigenvalue weighted by molar-refractivity contribution is 6.31. The number of ketones is 3. The summed E-state index contributed by atoms with van der Waals surface area (Å²) >= 11 is 0. The van der Waals surface area contributed by atoms with Gasteiger partial charge in [-0.05, 0) is 25.8 Å². The van der Waals surface area contributed by atoms with Crippen LogP contribution in [0.15, 0.2) is 18.2 Å². The average Bonchev–Trinajstić information content (AvgIpc) is 2.72. The fourth-order valence-corrected chi connectivity index (χ4v) is 4.24. The van der Waals surface area contributed by atoms with Crippen LogP contribution >= 0.6 is 0 Å². The van der Waals surface area contributed by atoms with Gasteiger partial charge in [-0.2, -0.15) is 0 Å². The maximum absolute atomic E-state index is 13.3. The van der Waals surface area contributed by atoms with Crippen LogP contribution in [0, 0.1) is 0 Å². The number of fused-ring (bicyclic) bond motifs is 3. The second-order valence-corrected chi connectivity index (χ2v) is 7.64. The van der Waals surface area contributed by atoms with Gasteiger partial charge in [0.25, 0.3) is 0 Å². The Morgan fingerprint density at radius 2 is 1.77 bits per heavy atom. The molecule has 0 unspecified atom stereocenters. The monoisotopic (exact) mass is 411 g/mol. The lowest BCUT2D eigenvalue weighted by Crippen LogP contribution is -2.42. The molecule has 0 aliphatic heterocycles. The van der Waals surface area contributed by atoms with Crippen molar-refractivity contribution in [2.45, 2.75) is 31.8 Å². The van der Waals surface area contributed by atoms with Crippen LogP contribution in [0.4, 0.5) is 0 Å². The molecule has 2 aliphatic carbocycles. The number of phenolic OH excluding ortho intramolecular Hbond substituents is 2. The zero-order chi connectivity index (χ0) is 21.8. The molecule has 2 aromatic rings. The minimum atomic E-state index is -1.71. The van der Waals surface area contributed by atoms with Gasteiger partial charge in [-0.15, -0.1) is 0 Å². The number of phenols is 2. The summed E-state index contributed by atoms with van der Waals surface area (Å²) in [6.07, 6.45) is -0.146. The van der Waals surface area contributed by atoms with E-state index < -0.39 is 34.4 Å². The first-order valence-corrected chi connectivity index (χ1v) is 9.59. The van der Waals surface area contributed by atoms with E-state index in [0.29, 0.717) is 0 Å². The highest BCUT2D eigenvalue weighted by atomic mass is 16.5. The number of carbonyl (C=O) groups excluding carboxylic acids is 3. The number of ether oxygens (including phenoxy) is 1. The van der Waals surface area contributed by atoms with Gasteiger partial charge in [-0.25, -0.2) is 0 Å². The largest absolute Gasteiger partial charge is 0.507 e. The Kier molecular flexibility index (Phi) is 4.63. The van der Waals surface area contributed by atoms with E-state index in [4.69, 9.17) is 10.5 Å². The number of aliphatic hydroxyl groups is 1. The Morgan fingerprint density at radius 1 is 1.10 bits per heavy atom. The maximum Gasteiger partial charge on any atom is 0.202 e.